The molecule has 0 spiro atoms. The molecule has 0 aromatic heterocycles. The predicted octanol–water partition coefficient (Wildman–Crippen LogP) is -2.61. The average Bonchev–Trinajstić information content (AvgIpc) is 2.76. The van der Waals surface area contributed by atoms with Gasteiger partial charge in [-0.15, -0.1) is 0 Å². The summed E-state index contributed by atoms with van der Waals surface area (Å²) in [5, 5.41) is 35.5. The fourth-order valence-corrected chi connectivity index (χ4v) is 3.26. The summed E-state index contributed by atoms with van der Waals surface area (Å²) >= 11 is 0. The van der Waals surface area contributed by atoms with E-state index in [0.717, 1.165) is 0 Å². The lowest BCUT2D eigenvalue weighted by atomic mass is 9.68. The molecule has 0 aromatic rings. The minimum absolute atomic E-state index is 0.299. The third kappa shape index (κ3) is 7.52. The van der Waals surface area contributed by atoms with E-state index >= 15 is 0 Å². The molecular formula is C18H28O12. The second-order valence-corrected chi connectivity index (χ2v) is 6.46. The highest BCUT2D eigenvalue weighted by molar-refractivity contribution is 5.87. The van der Waals surface area contributed by atoms with Crippen LogP contribution in [0, 0.1) is 23.7 Å². The largest absolute Gasteiger partial charge is 0.463 e. The van der Waals surface area contributed by atoms with Crippen LogP contribution in [0.25, 0.3) is 0 Å². The van der Waals surface area contributed by atoms with Crippen molar-refractivity contribution in [2.45, 2.75) is 12.8 Å². The number of carbonyl (C=O) groups excluding carboxylic acids is 4. The van der Waals surface area contributed by atoms with Gasteiger partial charge < -0.3 is 39.4 Å². The minimum atomic E-state index is -1.17. The monoisotopic (exact) mass is 436 g/mol. The molecule has 4 N–H and O–H groups in total. The summed E-state index contributed by atoms with van der Waals surface area (Å²) in [7, 11) is 0. The van der Waals surface area contributed by atoms with E-state index in [0.29, 0.717) is 0 Å². The summed E-state index contributed by atoms with van der Waals surface area (Å²) in [4.78, 5) is 49.8. The van der Waals surface area contributed by atoms with Gasteiger partial charge >= 0.3 is 23.9 Å². The second kappa shape index (κ2) is 13.9. The molecule has 0 aliphatic heterocycles. The summed E-state index contributed by atoms with van der Waals surface area (Å²) in [5.41, 5.74) is 0. The highest BCUT2D eigenvalue weighted by atomic mass is 16.6. The zero-order chi connectivity index (χ0) is 22.5. The first-order valence-electron chi connectivity index (χ1n) is 9.51. The van der Waals surface area contributed by atoms with E-state index in [9.17, 15) is 19.2 Å². The second-order valence-electron chi connectivity index (χ2n) is 6.46. The first-order chi connectivity index (χ1) is 14.4. The molecule has 0 aromatic carbocycles. The van der Waals surface area contributed by atoms with Gasteiger partial charge in [0.05, 0.1) is 50.1 Å². The number of hydrogen-bond donors (Lipinski definition) is 4. The molecule has 1 aliphatic carbocycles. The molecule has 1 saturated carbocycles. The van der Waals surface area contributed by atoms with Crippen molar-refractivity contribution in [1.82, 2.24) is 0 Å². The van der Waals surface area contributed by atoms with E-state index in [4.69, 9.17) is 39.4 Å². The zero-order valence-corrected chi connectivity index (χ0v) is 16.4. The Labute approximate surface area is 172 Å². The molecule has 4 atom stereocenters. The van der Waals surface area contributed by atoms with E-state index in [1.165, 1.54) is 0 Å². The highest BCUT2D eigenvalue weighted by Crippen LogP contribution is 2.41. The Bertz CT molecular complexity index is 480. The normalized spacial score (nSPS) is 23.3. The van der Waals surface area contributed by atoms with Crippen molar-refractivity contribution in [3.63, 3.8) is 0 Å². The Morgan fingerprint density at radius 2 is 0.700 bits per heavy atom. The molecule has 30 heavy (non-hydrogen) atoms. The van der Waals surface area contributed by atoms with Crippen molar-refractivity contribution < 1.29 is 58.6 Å². The van der Waals surface area contributed by atoms with E-state index in [2.05, 4.69) is 0 Å². The van der Waals surface area contributed by atoms with Gasteiger partial charge in [0.25, 0.3) is 0 Å². The van der Waals surface area contributed by atoms with Gasteiger partial charge in [-0.1, -0.05) is 0 Å². The average molecular weight is 436 g/mol. The van der Waals surface area contributed by atoms with Crippen molar-refractivity contribution in [2.75, 3.05) is 52.9 Å². The standard InChI is InChI=1S/C18H28O12/c19-1-5-27-15(23)11-9-13(17(25)29-7-3-21)14(18(26)30-8-4-22)10-12(11)16(24)28-6-2-20/h11-14,19-22H,1-10H2. The number of ether oxygens (including phenoxy) is 4. The number of carbonyl (C=O) groups is 4. The Morgan fingerprint density at radius 1 is 0.500 bits per heavy atom. The van der Waals surface area contributed by atoms with Crippen LogP contribution < -0.4 is 0 Å². The molecule has 0 amide bonds. The van der Waals surface area contributed by atoms with Crippen LogP contribution in [0.2, 0.25) is 0 Å². The number of aliphatic hydroxyl groups excluding tert-OH is 4. The van der Waals surface area contributed by atoms with Crippen molar-refractivity contribution in [1.29, 1.82) is 0 Å². The van der Waals surface area contributed by atoms with Crippen LogP contribution in [0.1, 0.15) is 12.8 Å². The maximum absolute atomic E-state index is 12.4. The van der Waals surface area contributed by atoms with Crippen LogP contribution in [-0.4, -0.2) is 97.2 Å². The van der Waals surface area contributed by atoms with E-state index in [1.54, 1.807) is 0 Å². The predicted molar refractivity (Wildman–Crippen MR) is 95.4 cm³/mol. The first kappa shape index (κ1) is 25.8. The molecule has 1 rings (SSSR count). The van der Waals surface area contributed by atoms with Gasteiger partial charge in [-0.05, 0) is 12.8 Å². The van der Waals surface area contributed by atoms with Gasteiger partial charge in [0, 0.05) is 0 Å². The first-order valence-corrected chi connectivity index (χ1v) is 9.51. The Morgan fingerprint density at radius 3 is 0.867 bits per heavy atom. The minimum Gasteiger partial charge on any atom is -0.463 e. The van der Waals surface area contributed by atoms with Gasteiger partial charge in [-0.2, -0.15) is 0 Å². The quantitative estimate of drug-likeness (QED) is 0.185. The summed E-state index contributed by atoms with van der Waals surface area (Å²) in [5.74, 6) is -8.14. The van der Waals surface area contributed by atoms with Crippen LogP contribution in [0.5, 0.6) is 0 Å². The van der Waals surface area contributed by atoms with Crippen molar-refractivity contribution >= 4 is 23.9 Å². The Kier molecular flexibility index (Phi) is 11.9. The molecule has 12 nitrogen and oxygen atoms in total. The van der Waals surface area contributed by atoms with E-state index in [-0.39, 0.29) is 39.3 Å². The number of aliphatic hydroxyl groups is 4. The summed E-state index contributed by atoms with van der Waals surface area (Å²) in [6.45, 7) is -3.09. The molecule has 172 valence electrons. The lowest BCUT2D eigenvalue weighted by molar-refractivity contribution is -0.176. The van der Waals surface area contributed by atoms with E-state index < -0.39 is 74.0 Å². The number of rotatable bonds is 12. The third-order valence-corrected chi connectivity index (χ3v) is 4.54. The van der Waals surface area contributed by atoms with Crippen LogP contribution in [0.4, 0.5) is 0 Å². The van der Waals surface area contributed by atoms with Gasteiger partial charge in [-0.3, -0.25) is 19.2 Å². The molecule has 12 heteroatoms. The molecule has 1 aliphatic rings. The molecule has 4 unspecified atom stereocenters. The summed E-state index contributed by atoms with van der Waals surface area (Å²) < 4.78 is 19.6. The Balaban J connectivity index is 3.15. The summed E-state index contributed by atoms with van der Waals surface area (Å²) in [6.07, 6.45) is -0.599. The maximum atomic E-state index is 12.4. The van der Waals surface area contributed by atoms with Crippen molar-refractivity contribution in [2.24, 2.45) is 23.7 Å². The molecular weight excluding hydrogens is 408 g/mol. The lowest BCUT2D eigenvalue weighted by Crippen LogP contribution is -2.47. The SMILES string of the molecule is O=C(OCCO)C1CC(C(=O)OCCO)C(C(=O)OCCO)CC1C(=O)OCCO. The number of hydrogen-bond acceptors (Lipinski definition) is 12. The number of esters is 4. The van der Waals surface area contributed by atoms with Crippen molar-refractivity contribution in [3.05, 3.63) is 0 Å². The summed E-state index contributed by atoms with van der Waals surface area (Å²) in [6, 6.07) is 0. The van der Waals surface area contributed by atoms with Crippen LogP contribution >= 0.6 is 0 Å². The van der Waals surface area contributed by atoms with Crippen molar-refractivity contribution in [3.8, 4) is 0 Å². The maximum Gasteiger partial charge on any atom is 0.309 e. The van der Waals surface area contributed by atoms with Gasteiger partial charge in [0.15, 0.2) is 0 Å². The molecule has 0 radical (unpaired) electrons. The van der Waals surface area contributed by atoms with E-state index in [1.807, 2.05) is 0 Å². The highest BCUT2D eigenvalue weighted by Gasteiger charge is 2.51. The smallest absolute Gasteiger partial charge is 0.309 e. The Hall–Kier alpha value is -2.28. The fraction of sp³-hybridized carbons (Fsp3) is 0.778. The van der Waals surface area contributed by atoms with Gasteiger partial charge in [-0.25, -0.2) is 0 Å². The van der Waals surface area contributed by atoms with Gasteiger partial charge in [0.1, 0.15) is 26.4 Å². The zero-order valence-electron chi connectivity index (χ0n) is 16.4. The van der Waals surface area contributed by atoms with Crippen LogP contribution in [-0.2, 0) is 38.1 Å². The van der Waals surface area contributed by atoms with Crippen LogP contribution in [0.3, 0.4) is 0 Å². The molecule has 1 fully saturated rings. The topological polar surface area (TPSA) is 186 Å². The van der Waals surface area contributed by atoms with Gasteiger partial charge in [0.2, 0.25) is 0 Å². The van der Waals surface area contributed by atoms with Crippen LogP contribution in [0.15, 0.2) is 0 Å². The molecule has 0 heterocycles. The molecule has 0 bridgehead atoms. The third-order valence-electron chi connectivity index (χ3n) is 4.54. The molecule has 0 saturated heterocycles. The fourth-order valence-electron chi connectivity index (χ4n) is 3.26. The lowest BCUT2D eigenvalue weighted by Gasteiger charge is -2.36.